The van der Waals surface area contributed by atoms with Crippen molar-refractivity contribution >= 4 is 38.0 Å². The monoisotopic (exact) mass is 924 g/mol. The first-order chi connectivity index (χ1) is 24.3. The Bertz CT molecular complexity index is 1950. The van der Waals surface area contributed by atoms with Gasteiger partial charge in [-0.2, -0.15) is 18.4 Å². The van der Waals surface area contributed by atoms with Crippen LogP contribution in [-0.4, -0.2) is 22.1 Å². The third-order valence-electron chi connectivity index (χ3n) is 10.9. The van der Waals surface area contributed by atoms with E-state index in [4.69, 9.17) is 4.98 Å². The number of hydrogen-bond donors (Lipinski definition) is 1. The van der Waals surface area contributed by atoms with E-state index in [0.29, 0.717) is 18.3 Å². The summed E-state index contributed by atoms with van der Waals surface area (Å²) in [6.07, 6.45) is 2.90. The van der Waals surface area contributed by atoms with Crippen LogP contribution in [0.25, 0.3) is 32.1 Å². The number of aromatic nitrogens is 1. The van der Waals surface area contributed by atoms with Crippen LogP contribution in [0.15, 0.2) is 54.4 Å². The number of nitriles is 1. The number of hydrogen-bond acceptors (Lipinski definition) is 5. The summed E-state index contributed by atoms with van der Waals surface area (Å²) < 4.78 is 38.0. The second-order valence-corrected chi connectivity index (χ2v) is 17.3. The van der Waals surface area contributed by atoms with Crippen LogP contribution in [0.1, 0.15) is 123 Å². The molecule has 5 rings (SSSR count). The number of thiophene rings is 1. The molecule has 4 nitrogen and oxygen atoms in total. The van der Waals surface area contributed by atoms with Crippen molar-refractivity contribution in [3.8, 4) is 17.3 Å². The van der Waals surface area contributed by atoms with Crippen LogP contribution >= 0.6 is 11.3 Å². The Morgan fingerprint density at radius 3 is 2.17 bits per heavy atom. The zero-order valence-corrected chi connectivity index (χ0v) is 35.8. The number of pyridine rings is 1. The van der Waals surface area contributed by atoms with Gasteiger partial charge < -0.3 is 5.11 Å². The molecule has 1 aliphatic carbocycles. The van der Waals surface area contributed by atoms with E-state index in [9.17, 15) is 28.3 Å². The molecule has 1 saturated carbocycles. The molecule has 0 aliphatic heterocycles. The molecule has 0 amide bonds. The van der Waals surface area contributed by atoms with Gasteiger partial charge in [-0.25, -0.2) is 0 Å². The number of aryl methyl sites for hydroxylation is 1. The molecule has 2 aromatic heterocycles. The van der Waals surface area contributed by atoms with Crippen molar-refractivity contribution in [2.75, 3.05) is 0 Å². The van der Waals surface area contributed by atoms with E-state index < -0.39 is 24.3 Å². The normalized spacial score (nSPS) is 16.4. The first-order valence-electron chi connectivity index (χ1n) is 18.6. The van der Waals surface area contributed by atoms with Gasteiger partial charge in [0, 0.05) is 59.5 Å². The Labute approximate surface area is 331 Å². The average molecular weight is 924 g/mol. The van der Waals surface area contributed by atoms with E-state index in [1.54, 1.807) is 18.3 Å². The number of carbonyl (C=O) groups is 1. The van der Waals surface area contributed by atoms with E-state index in [2.05, 4.69) is 90.1 Å². The van der Waals surface area contributed by atoms with Gasteiger partial charge in [-0.3, -0.25) is 9.78 Å². The Morgan fingerprint density at radius 1 is 1.02 bits per heavy atom. The third kappa shape index (κ3) is 10.4. The van der Waals surface area contributed by atoms with Crippen molar-refractivity contribution in [3.05, 3.63) is 76.5 Å². The van der Waals surface area contributed by atoms with Crippen molar-refractivity contribution in [2.24, 2.45) is 17.3 Å². The smallest absolute Gasteiger partial charge is 0.389 e. The van der Waals surface area contributed by atoms with Crippen molar-refractivity contribution in [2.45, 2.75) is 131 Å². The molecule has 53 heavy (non-hydrogen) atoms. The van der Waals surface area contributed by atoms with E-state index in [1.165, 1.54) is 31.5 Å². The van der Waals surface area contributed by atoms with Gasteiger partial charge in [0.15, 0.2) is 5.78 Å². The topological polar surface area (TPSA) is 74.0 Å². The fourth-order valence-electron chi connectivity index (χ4n) is 7.33. The number of allylic oxidation sites excluding steroid dienone is 2. The molecule has 1 atom stereocenters. The third-order valence-corrected chi connectivity index (χ3v) is 12.4. The van der Waals surface area contributed by atoms with Crippen LogP contribution in [0.2, 0.25) is 0 Å². The van der Waals surface area contributed by atoms with Crippen LogP contribution in [0.3, 0.4) is 0 Å². The standard InChI is InChI=1S/C31H33N2S.C13H21F3O2.Ir/c1-20-23-11-16-33-26(22-17-21-9-7-8-10-24(21)25(18-22)29(2,3)4)27(23)34-28(20)31(19-32)14-12-30(5,6)13-15-31;1-4-9(5-2)11(17)7-12(18)10(6-3)8-13(14,15)16;/h7-11,16,18H,12-15H2,1-6H3;7,9-10,18H,4-6,8H2,1-3H3;/q-1;;/b;12-7-;. The fourth-order valence-corrected chi connectivity index (χ4v) is 8.83. The summed E-state index contributed by atoms with van der Waals surface area (Å²) in [4.78, 5) is 17.8. The summed E-state index contributed by atoms with van der Waals surface area (Å²) in [6.45, 7) is 18.9. The number of aliphatic hydroxyl groups excluding tert-OH is 1. The largest absolute Gasteiger partial charge is 0.512 e. The molecule has 0 saturated heterocycles. The molecular formula is C44H54F3IrN2O2S-. The van der Waals surface area contributed by atoms with E-state index in [1.807, 2.05) is 20.0 Å². The molecule has 2 aromatic carbocycles. The van der Waals surface area contributed by atoms with Crippen molar-refractivity contribution < 1.29 is 43.2 Å². The van der Waals surface area contributed by atoms with Gasteiger partial charge in [0.2, 0.25) is 0 Å². The van der Waals surface area contributed by atoms with Crippen molar-refractivity contribution in [1.82, 2.24) is 4.98 Å². The van der Waals surface area contributed by atoms with Crippen molar-refractivity contribution in [1.29, 1.82) is 5.26 Å². The second kappa shape index (κ2) is 17.6. The van der Waals surface area contributed by atoms with E-state index in [-0.39, 0.29) is 49.1 Å². The maximum atomic E-state index is 12.3. The van der Waals surface area contributed by atoms with Gasteiger partial charge in [-0.15, -0.1) is 40.5 Å². The zero-order chi connectivity index (χ0) is 38.6. The summed E-state index contributed by atoms with van der Waals surface area (Å²) in [5, 5.41) is 23.6. The van der Waals surface area contributed by atoms with Crippen LogP contribution in [0, 0.1) is 41.6 Å². The summed E-state index contributed by atoms with van der Waals surface area (Å²) in [7, 11) is 0. The van der Waals surface area contributed by atoms with Gasteiger partial charge in [0.1, 0.15) is 0 Å². The molecule has 1 aliphatic rings. The number of fused-ring (bicyclic) bond motifs is 2. The Balaban J connectivity index is 0.000000342. The number of nitrogens with zero attached hydrogens (tertiary/aromatic N) is 2. The Kier molecular flexibility index (Phi) is 14.7. The van der Waals surface area contributed by atoms with Crippen LogP contribution in [0.5, 0.6) is 0 Å². The fraction of sp³-hybridized carbons (Fsp3) is 0.523. The van der Waals surface area contributed by atoms with E-state index >= 15 is 0 Å². The zero-order valence-electron chi connectivity index (χ0n) is 32.6. The Morgan fingerprint density at radius 2 is 1.62 bits per heavy atom. The molecule has 1 unspecified atom stereocenters. The minimum Gasteiger partial charge on any atom is -0.512 e. The molecule has 2 heterocycles. The number of aliphatic hydroxyl groups is 1. The van der Waals surface area contributed by atoms with Crippen LogP contribution in [0.4, 0.5) is 13.2 Å². The predicted octanol–water partition coefficient (Wildman–Crippen LogP) is 13.3. The van der Waals surface area contributed by atoms with Crippen LogP contribution in [-0.2, 0) is 35.7 Å². The molecule has 289 valence electrons. The number of halogens is 3. The molecule has 0 spiro atoms. The van der Waals surface area contributed by atoms with Gasteiger partial charge in [0.25, 0.3) is 0 Å². The summed E-state index contributed by atoms with van der Waals surface area (Å²) in [5.41, 5.74) is 4.53. The van der Waals surface area contributed by atoms with Gasteiger partial charge in [-0.05, 0) is 79.7 Å². The number of alkyl halides is 3. The molecule has 1 fully saturated rings. The van der Waals surface area contributed by atoms with Crippen LogP contribution < -0.4 is 0 Å². The Hall–Kier alpha value is -3.05. The average Bonchev–Trinajstić information content (AvgIpc) is 3.43. The molecule has 1 N–H and O–H groups in total. The molecule has 1 radical (unpaired) electrons. The van der Waals surface area contributed by atoms with Gasteiger partial charge in [-0.1, -0.05) is 84.5 Å². The molecule has 4 aromatic rings. The van der Waals surface area contributed by atoms with Crippen molar-refractivity contribution in [3.63, 3.8) is 0 Å². The summed E-state index contributed by atoms with van der Waals surface area (Å²) >= 11 is 1.79. The number of benzene rings is 2. The number of ketones is 1. The van der Waals surface area contributed by atoms with E-state index in [0.717, 1.165) is 48.4 Å². The number of rotatable bonds is 9. The first kappa shape index (κ1) is 44.3. The maximum absolute atomic E-state index is 12.3. The second-order valence-electron chi connectivity index (χ2n) is 16.3. The SMILES string of the molecule is CCC(CC)C(=O)/C=C(\O)C(CC)CC(F)(F)F.Cc1c(C2(C#N)CCC(C)(C)CC2)sc2c(-c3[c-]c4ccccc4c(C(C)(C)C)c3)nccc12.[Ir]. The molecule has 9 heteroatoms. The minimum absolute atomic E-state index is 0. The number of carbonyl (C=O) groups excluding carboxylic acids is 1. The van der Waals surface area contributed by atoms with Gasteiger partial charge in [0.05, 0.1) is 23.7 Å². The predicted molar refractivity (Wildman–Crippen MR) is 209 cm³/mol. The minimum atomic E-state index is -4.33. The summed E-state index contributed by atoms with van der Waals surface area (Å²) in [6, 6.07) is 19.4. The molecule has 0 bridgehead atoms. The van der Waals surface area contributed by atoms with Gasteiger partial charge >= 0.3 is 6.18 Å². The summed E-state index contributed by atoms with van der Waals surface area (Å²) in [5.74, 6) is -2.00. The first-order valence-corrected chi connectivity index (χ1v) is 19.4. The quantitative estimate of drug-likeness (QED) is 0.103. The molecular weight excluding hydrogens is 870 g/mol. The maximum Gasteiger partial charge on any atom is 0.389 e.